The predicted octanol–water partition coefficient (Wildman–Crippen LogP) is 2.23. The molecule has 0 unspecified atom stereocenters. The van der Waals surface area contributed by atoms with Gasteiger partial charge in [0.15, 0.2) is 0 Å². The molecule has 0 aliphatic heterocycles. The van der Waals surface area contributed by atoms with E-state index in [1.165, 1.54) is 6.08 Å². The fourth-order valence-electron chi connectivity index (χ4n) is 1.15. The molecule has 0 saturated heterocycles. The number of rotatable bonds is 5. The van der Waals surface area contributed by atoms with E-state index in [0.29, 0.717) is 0 Å². The molecule has 0 aliphatic rings. The number of carbonyl (C=O) groups excluding carboxylic acids is 1. The second-order valence-electron chi connectivity index (χ2n) is 3.37. The highest BCUT2D eigenvalue weighted by Gasteiger charge is 1.93. The number of hydrogen-bond donors (Lipinski definition) is 1. The maximum atomic E-state index is 11.0. The molecule has 0 radical (unpaired) electrons. The van der Waals surface area contributed by atoms with Crippen molar-refractivity contribution in [2.75, 3.05) is 13.7 Å². The van der Waals surface area contributed by atoms with E-state index in [4.69, 9.17) is 4.74 Å². The Morgan fingerprint density at radius 3 is 2.62 bits per heavy atom. The summed E-state index contributed by atoms with van der Waals surface area (Å²) in [7, 11) is 1.61. The fraction of sp³-hybridized carbons (Fsp3) is 0.308. The van der Waals surface area contributed by atoms with Crippen LogP contribution in [0.25, 0.3) is 6.08 Å². The van der Waals surface area contributed by atoms with Gasteiger partial charge < -0.3 is 10.1 Å². The number of ether oxygens (including phenoxy) is 1. The van der Waals surface area contributed by atoms with Crippen LogP contribution in [0.2, 0.25) is 0 Å². The minimum absolute atomic E-state index is 0.105. The molecular weight excluding hydrogens is 202 g/mol. The van der Waals surface area contributed by atoms with E-state index in [1.807, 2.05) is 24.3 Å². The Balaban J connectivity index is 2.57. The van der Waals surface area contributed by atoms with Crippen LogP contribution in [-0.4, -0.2) is 19.6 Å². The monoisotopic (exact) mass is 219 g/mol. The summed E-state index contributed by atoms with van der Waals surface area (Å²) in [6.07, 6.45) is 4.27. The average molecular weight is 219 g/mol. The van der Waals surface area contributed by atoms with Gasteiger partial charge in [0.1, 0.15) is 5.75 Å². The van der Waals surface area contributed by atoms with Crippen LogP contribution in [0, 0.1) is 0 Å². The van der Waals surface area contributed by atoms with Gasteiger partial charge in [0.25, 0.3) is 0 Å². The third-order valence-corrected chi connectivity index (χ3v) is 2.03. The van der Waals surface area contributed by atoms with Gasteiger partial charge in [-0.25, -0.2) is 0 Å². The number of amides is 1. The molecule has 0 aliphatic carbocycles. The Morgan fingerprint density at radius 1 is 1.38 bits per heavy atom. The van der Waals surface area contributed by atoms with Crippen molar-refractivity contribution in [2.45, 2.75) is 13.3 Å². The van der Waals surface area contributed by atoms with Gasteiger partial charge in [0, 0.05) is 13.1 Å². The summed E-state index contributed by atoms with van der Waals surface area (Å²) < 4.78 is 5.45. The van der Waals surface area contributed by atoms with Crippen LogP contribution >= 0.6 is 0 Å². The highest BCUT2D eigenvalue weighted by Crippen LogP contribution is 2.13. The molecule has 0 spiro atoms. The van der Waals surface area contributed by atoms with Crippen LogP contribution in [-0.2, 0) is 4.79 Å². The molecule has 1 rings (SSSR count). The molecule has 1 N–H and O–H groups in total. The maximum absolute atomic E-state index is 11.0. The molecule has 86 valence electrons. The summed E-state index contributed by atoms with van der Waals surface area (Å²) in [6.45, 7) is 2.80. The van der Waals surface area contributed by atoms with E-state index in [1.54, 1.807) is 13.1 Å². The molecular formula is C13H17NO2. The molecule has 0 atom stereocenters. The van der Waals surface area contributed by atoms with Gasteiger partial charge in [-0.1, -0.05) is 19.1 Å². The molecule has 0 fully saturated rings. The summed E-state index contributed by atoms with van der Waals surface area (Å²) in [5.41, 5.74) is 0.979. The molecule has 1 aromatic rings. The van der Waals surface area contributed by atoms with E-state index in [-0.39, 0.29) is 5.91 Å². The molecule has 3 nitrogen and oxygen atoms in total. The molecule has 1 aromatic carbocycles. The second-order valence-corrected chi connectivity index (χ2v) is 3.37. The highest BCUT2D eigenvalue weighted by molar-refractivity contribution is 5.91. The predicted molar refractivity (Wildman–Crippen MR) is 65.3 cm³/mol. The van der Waals surface area contributed by atoms with Gasteiger partial charge >= 0.3 is 0 Å². The number of nitrogens with one attached hydrogen (secondary N) is 1. The SMILES string of the molecule is CCCOc1ccc(/C=C/C(=O)NC)cc1. The summed E-state index contributed by atoms with van der Waals surface area (Å²) in [5.74, 6) is 0.755. The Hall–Kier alpha value is -1.77. The smallest absolute Gasteiger partial charge is 0.243 e. The van der Waals surface area contributed by atoms with Crippen molar-refractivity contribution in [3.63, 3.8) is 0 Å². The first kappa shape index (κ1) is 12.3. The van der Waals surface area contributed by atoms with E-state index < -0.39 is 0 Å². The summed E-state index contributed by atoms with van der Waals surface area (Å²) >= 11 is 0. The van der Waals surface area contributed by atoms with Crippen molar-refractivity contribution in [1.29, 1.82) is 0 Å². The first-order valence-electron chi connectivity index (χ1n) is 5.39. The lowest BCUT2D eigenvalue weighted by molar-refractivity contribution is -0.115. The van der Waals surface area contributed by atoms with E-state index in [0.717, 1.165) is 24.3 Å². The molecule has 3 heteroatoms. The first-order valence-corrected chi connectivity index (χ1v) is 5.39. The lowest BCUT2D eigenvalue weighted by Gasteiger charge is -2.03. The Bertz CT molecular complexity index is 355. The van der Waals surface area contributed by atoms with Gasteiger partial charge in [-0.2, -0.15) is 0 Å². The first-order chi connectivity index (χ1) is 7.76. The minimum Gasteiger partial charge on any atom is -0.494 e. The van der Waals surface area contributed by atoms with Crippen LogP contribution in [0.3, 0.4) is 0 Å². The van der Waals surface area contributed by atoms with Crippen molar-refractivity contribution in [1.82, 2.24) is 5.32 Å². The van der Waals surface area contributed by atoms with E-state index in [2.05, 4.69) is 12.2 Å². The standard InChI is InChI=1S/C13H17NO2/c1-3-10-16-12-7-4-11(5-8-12)6-9-13(15)14-2/h4-9H,3,10H2,1-2H3,(H,14,15)/b9-6+. The fourth-order valence-corrected chi connectivity index (χ4v) is 1.15. The Kier molecular flexibility index (Phi) is 5.12. The van der Waals surface area contributed by atoms with Crippen molar-refractivity contribution >= 4 is 12.0 Å². The zero-order valence-corrected chi connectivity index (χ0v) is 9.69. The Morgan fingerprint density at radius 2 is 2.06 bits per heavy atom. The van der Waals surface area contributed by atoms with Gasteiger partial charge in [-0.05, 0) is 30.2 Å². The quantitative estimate of drug-likeness (QED) is 0.771. The van der Waals surface area contributed by atoms with Crippen molar-refractivity contribution in [3.8, 4) is 5.75 Å². The summed E-state index contributed by atoms with van der Waals surface area (Å²) in [6, 6.07) is 7.65. The van der Waals surface area contributed by atoms with Crippen LogP contribution in [0.5, 0.6) is 5.75 Å². The number of likely N-dealkylation sites (N-methyl/N-ethyl adjacent to an activating group) is 1. The Labute approximate surface area is 96.1 Å². The normalized spacial score (nSPS) is 10.4. The van der Waals surface area contributed by atoms with Crippen molar-refractivity contribution < 1.29 is 9.53 Å². The highest BCUT2D eigenvalue weighted by atomic mass is 16.5. The minimum atomic E-state index is -0.105. The number of carbonyl (C=O) groups is 1. The largest absolute Gasteiger partial charge is 0.494 e. The molecule has 0 aromatic heterocycles. The molecule has 0 bridgehead atoms. The van der Waals surface area contributed by atoms with Crippen molar-refractivity contribution in [3.05, 3.63) is 35.9 Å². The van der Waals surface area contributed by atoms with Crippen LogP contribution in [0.4, 0.5) is 0 Å². The molecule has 0 saturated carbocycles. The van der Waals surface area contributed by atoms with Gasteiger partial charge in [0.05, 0.1) is 6.61 Å². The van der Waals surface area contributed by atoms with E-state index in [9.17, 15) is 4.79 Å². The summed E-state index contributed by atoms with van der Waals surface area (Å²) in [4.78, 5) is 11.0. The summed E-state index contributed by atoms with van der Waals surface area (Å²) in [5, 5.41) is 2.52. The van der Waals surface area contributed by atoms with Crippen LogP contribution in [0.1, 0.15) is 18.9 Å². The molecule has 0 heterocycles. The maximum Gasteiger partial charge on any atom is 0.243 e. The van der Waals surface area contributed by atoms with Gasteiger partial charge in [-0.15, -0.1) is 0 Å². The van der Waals surface area contributed by atoms with Gasteiger partial charge in [-0.3, -0.25) is 4.79 Å². The lowest BCUT2D eigenvalue weighted by atomic mass is 10.2. The number of hydrogen-bond acceptors (Lipinski definition) is 2. The topological polar surface area (TPSA) is 38.3 Å². The van der Waals surface area contributed by atoms with E-state index >= 15 is 0 Å². The third kappa shape index (κ3) is 4.17. The zero-order chi connectivity index (χ0) is 11.8. The second kappa shape index (κ2) is 6.67. The molecule has 1 amide bonds. The third-order valence-electron chi connectivity index (χ3n) is 2.03. The van der Waals surface area contributed by atoms with Gasteiger partial charge in [0.2, 0.25) is 5.91 Å². The van der Waals surface area contributed by atoms with Crippen LogP contribution < -0.4 is 10.1 Å². The average Bonchev–Trinajstić information content (AvgIpc) is 2.34. The van der Waals surface area contributed by atoms with Crippen LogP contribution in [0.15, 0.2) is 30.3 Å². The van der Waals surface area contributed by atoms with Crippen molar-refractivity contribution in [2.24, 2.45) is 0 Å². The lowest BCUT2D eigenvalue weighted by Crippen LogP contribution is -2.13. The zero-order valence-electron chi connectivity index (χ0n) is 9.69. The molecule has 16 heavy (non-hydrogen) atoms. The number of benzene rings is 1.